The SMILES string of the molecule is CCCC(C)(CNC(C)C)CN(C)CC(C)(C)O. The van der Waals surface area contributed by atoms with E-state index in [4.69, 9.17) is 0 Å². The zero-order valence-corrected chi connectivity index (χ0v) is 13.5. The van der Waals surface area contributed by atoms with Gasteiger partial charge in [0.2, 0.25) is 0 Å². The van der Waals surface area contributed by atoms with E-state index in [-0.39, 0.29) is 5.41 Å². The summed E-state index contributed by atoms with van der Waals surface area (Å²) in [6, 6.07) is 0.528. The molecule has 18 heavy (non-hydrogen) atoms. The van der Waals surface area contributed by atoms with E-state index < -0.39 is 5.60 Å². The Morgan fingerprint density at radius 2 is 1.72 bits per heavy atom. The molecule has 3 heteroatoms. The number of likely N-dealkylation sites (N-methyl/N-ethyl adjacent to an activating group) is 1. The molecule has 2 N–H and O–H groups in total. The second-order valence-corrected chi connectivity index (χ2v) is 7.08. The minimum absolute atomic E-state index is 0.277. The van der Waals surface area contributed by atoms with Crippen molar-refractivity contribution in [1.29, 1.82) is 0 Å². The average Bonchev–Trinajstić information content (AvgIpc) is 2.11. The molecular formula is C15H34N2O. The van der Waals surface area contributed by atoms with Crippen LogP contribution in [0.1, 0.15) is 54.4 Å². The van der Waals surface area contributed by atoms with Crippen LogP contribution in [0.25, 0.3) is 0 Å². The zero-order valence-electron chi connectivity index (χ0n) is 13.5. The Balaban J connectivity index is 4.40. The van der Waals surface area contributed by atoms with Gasteiger partial charge in [0.15, 0.2) is 0 Å². The molecule has 0 rings (SSSR count). The van der Waals surface area contributed by atoms with Crippen molar-refractivity contribution in [2.75, 3.05) is 26.7 Å². The Bertz CT molecular complexity index is 223. The molecule has 0 aromatic heterocycles. The Labute approximate surface area is 114 Å². The summed E-state index contributed by atoms with van der Waals surface area (Å²) in [4.78, 5) is 2.25. The molecule has 0 amide bonds. The van der Waals surface area contributed by atoms with E-state index in [2.05, 4.69) is 45.0 Å². The van der Waals surface area contributed by atoms with E-state index in [9.17, 15) is 5.11 Å². The number of hydrogen-bond acceptors (Lipinski definition) is 3. The van der Waals surface area contributed by atoms with Crippen molar-refractivity contribution in [2.45, 2.75) is 66.0 Å². The first-order valence-electron chi connectivity index (χ1n) is 7.22. The molecule has 0 bridgehead atoms. The normalized spacial score (nSPS) is 16.3. The minimum atomic E-state index is -0.618. The standard InChI is InChI=1S/C15H34N2O/c1-8-9-15(6,10-16-13(2)3)12-17(7)11-14(4,5)18/h13,16,18H,8-12H2,1-7H3. The van der Waals surface area contributed by atoms with Gasteiger partial charge in [-0.1, -0.05) is 34.1 Å². The largest absolute Gasteiger partial charge is 0.389 e. The maximum atomic E-state index is 9.88. The lowest BCUT2D eigenvalue weighted by Crippen LogP contribution is -2.46. The molecule has 0 spiro atoms. The number of nitrogens with one attached hydrogen (secondary N) is 1. The summed E-state index contributed by atoms with van der Waals surface area (Å²) >= 11 is 0. The van der Waals surface area contributed by atoms with Crippen molar-refractivity contribution in [3.05, 3.63) is 0 Å². The van der Waals surface area contributed by atoms with E-state index in [1.165, 1.54) is 12.8 Å². The van der Waals surface area contributed by atoms with Crippen LogP contribution in [-0.2, 0) is 0 Å². The van der Waals surface area contributed by atoms with Gasteiger partial charge in [0.05, 0.1) is 5.60 Å². The zero-order chi connectivity index (χ0) is 14.4. The third-order valence-corrected chi connectivity index (χ3v) is 3.10. The number of aliphatic hydroxyl groups is 1. The van der Waals surface area contributed by atoms with Gasteiger partial charge in [-0.15, -0.1) is 0 Å². The number of nitrogens with zero attached hydrogens (tertiary/aromatic N) is 1. The number of rotatable bonds is 9. The molecule has 1 unspecified atom stereocenters. The molecular weight excluding hydrogens is 224 g/mol. The Morgan fingerprint density at radius 3 is 2.11 bits per heavy atom. The average molecular weight is 258 g/mol. The molecule has 1 atom stereocenters. The van der Waals surface area contributed by atoms with Gasteiger partial charge < -0.3 is 15.3 Å². The highest BCUT2D eigenvalue weighted by molar-refractivity contribution is 4.82. The van der Waals surface area contributed by atoms with Crippen LogP contribution in [-0.4, -0.2) is 48.3 Å². The van der Waals surface area contributed by atoms with Crippen LogP contribution < -0.4 is 5.32 Å². The maximum absolute atomic E-state index is 9.88. The maximum Gasteiger partial charge on any atom is 0.0718 e. The molecule has 0 aliphatic heterocycles. The van der Waals surface area contributed by atoms with Gasteiger partial charge in [0, 0.05) is 25.7 Å². The highest BCUT2D eigenvalue weighted by Gasteiger charge is 2.27. The topological polar surface area (TPSA) is 35.5 Å². The first-order valence-corrected chi connectivity index (χ1v) is 7.22. The van der Waals surface area contributed by atoms with E-state index in [1.807, 2.05) is 13.8 Å². The molecule has 110 valence electrons. The van der Waals surface area contributed by atoms with Crippen LogP contribution >= 0.6 is 0 Å². The fraction of sp³-hybridized carbons (Fsp3) is 1.00. The van der Waals surface area contributed by atoms with Crippen LogP contribution in [0.15, 0.2) is 0 Å². The van der Waals surface area contributed by atoms with Gasteiger partial charge in [-0.3, -0.25) is 0 Å². The summed E-state index contributed by atoms with van der Waals surface area (Å²) < 4.78 is 0. The fourth-order valence-corrected chi connectivity index (χ4v) is 2.65. The van der Waals surface area contributed by atoms with Crippen molar-refractivity contribution in [2.24, 2.45) is 5.41 Å². The summed E-state index contributed by atoms with van der Waals surface area (Å²) in [5.74, 6) is 0. The van der Waals surface area contributed by atoms with Gasteiger partial charge in [-0.2, -0.15) is 0 Å². The number of hydrogen-bond donors (Lipinski definition) is 2. The van der Waals surface area contributed by atoms with Gasteiger partial charge in [0.25, 0.3) is 0 Å². The molecule has 3 nitrogen and oxygen atoms in total. The summed E-state index contributed by atoms with van der Waals surface area (Å²) in [7, 11) is 2.10. The van der Waals surface area contributed by atoms with Crippen molar-refractivity contribution in [3.8, 4) is 0 Å². The smallest absolute Gasteiger partial charge is 0.0718 e. The van der Waals surface area contributed by atoms with Crippen LogP contribution in [0.3, 0.4) is 0 Å². The first kappa shape index (κ1) is 17.9. The fourth-order valence-electron chi connectivity index (χ4n) is 2.65. The van der Waals surface area contributed by atoms with E-state index in [1.54, 1.807) is 0 Å². The molecule has 0 saturated carbocycles. The predicted octanol–water partition coefficient (Wildman–Crippen LogP) is 2.49. The van der Waals surface area contributed by atoms with Crippen LogP contribution in [0.2, 0.25) is 0 Å². The van der Waals surface area contributed by atoms with Crippen LogP contribution in [0, 0.1) is 5.41 Å². The molecule has 0 fully saturated rings. The lowest BCUT2D eigenvalue weighted by molar-refractivity contribution is 0.0306. The second kappa shape index (κ2) is 7.46. The molecule has 0 aliphatic rings. The Kier molecular flexibility index (Phi) is 7.41. The lowest BCUT2D eigenvalue weighted by Gasteiger charge is -2.36. The summed E-state index contributed by atoms with van der Waals surface area (Å²) in [5.41, 5.74) is -0.341. The Hall–Kier alpha value is -0.120. The van der Waals surface area contributed by atoms with Crippen molar-refractivity contribution >= 4 is 0 Å². The molecule has 0 heterocycles. The molecule has 0 saturated heterocycles. The highest BCUT2D eigenvalue weighted by atomic mass is 16.3. The summed E-state index contributed by atoms with van der Waals surface area (Å²) in [6.07, 6.45) is 2.41. The quantitative estimate of drug-likeness (QED) is 0.667. The summed E-state index contributed by atoms with van der Waals surface area (Å²) in [5, 5.41) is 13.4. The van der Waals surface area contributed by atoms with Crippen molar-refractivity contribution in [3.63, 3.8) is 0 Å². The predicted molar refractivity (Wildman–Crippen MR) is 79.9 cm³/mol. The lowest BCUT2D eigenvalue weighted by atomic mass is 9.84. The monoisotopic (exact) mass is 258 g/mol. The molecule has 0 radical (unpaired) electrons. The molecule has 0 aliphatic carbocycles. The van der Waals surface area contributed by atoms with E-state index >= 15 is 0 Å². The Morgan fingerprint density at radius 1 is 1.17 bits per heavy atom. The third kappa shape index (κ3) is 8.90. The van der Waals surface area contributed by atoms with Crippen molar-refractivity contribution in [1.82, 2.24) is 10.2 Å². The van der Waals surface area contributed by atoms with Gasteiger partial charge >= 0.3 is 0 Å². The summed E-state index contributed by atoms with van der Waals surface area (Å²) in [6.45, 7) is 15.5. The third-order valence-electron chi connectivity index (χ3n) is 3.10. The highest BCUT2D eigenvalue weighted by Crippen LogP contribution is 2.24. The van der Waals surface area contributed by atoms with Crippen LogP contribution in [0.4, 0.5) is 0 Å². The van der Waals surface area contributed by atoms with Crippen LogP contribution in [0.5, 0.6) is 0 Å². The second-order valence-electron chi connectivity index (χ2n) is 7.08. The van der Waals surface area contributed by atoms with Gasteiger partial charge in [-0.05, 0) is 32.7 Å². The van der Waals surface area contributed by atoms with Gasteiger partial charge in [-0.25, -0.2) is 0 Å². The van der Waals surface area contributed by atoms with Gasteiger partial charge in [0.1, 0.15) is 0 Å². The molecule has 0 aromatic rings. The minimum Gasteiger partial charge on any atom is -0.389 e. The van der Waals surface area contributed by atoms with Crippen molar-refractivity contribution < 1.29 is 5.11 Å². The first-order chi connectivity index (χ1) is 8.08. The van der Waals surface area contributed by atoms with E-state index in [0.29, 0.717) is 12.6 Å². The van der Waals surface area contributed by atoms with E-state index in [0.717, 1.165) is 13.1 Å². The molecule has 0 aromatic carbocycles.